The second-order valence-electron chi connectivity index (χ2n) is 6.10. The van der Waals surface area contributed by atoms with Crippen molar-refractivity contribution in [3.8, 4) is 5.75 Å². The van der Waals surface area contributed by atoms with Crippen LogP contribution < -0.4 is 10.1 Å². The van der Waals surface area contributed by atoms with E-state index in [1.54, 1.807) is 0 Å². The minimum absolute atomic E-state index is 0.000673. The Morgan fingerprint density at radius 1 is 1.15 bits per heavy atom. The van der Waals surface area contributed by atoms with Crippen molar-refractivity contribution in [2.45, 2.75) is 32.7 Å². The standard InChI is InChI=1S/C20H21Cl2NO3/c1-13(8-9-15-6-4-3-5-7-15)23-19(25)12-26-20-17(14(2)24)10-16(21)11-18(20)22/h3-7,10-11,13H,8-9,12H2,1-2H3,(H,23,25). The summed E-state index contributed by atoms with van der Waals surface area (Å²) in [5.74, 6) is -0.331. The Bertz CT molecular complexity index is 778. The number of carbonyl (C=O) groups is 2. The summed E-state index contributed by atoms with van der Waals surface area (Å²) >= 11 is 12.0. The maximum absolute atomic E-state index is 12.1. The molecule has 2 rings (SSSR count). The van der Waals surface area contributed by atoms with Gasteiger partial charge in [0.15, 0.2) is 12.4 Å². The summed E-state index contributed by atoms with van der Waals surface area (Å²) in [7, 11) is 0. The van der Waals surface area contributed by atoms with Gasteiger partial charge in [-0.05, 0) is 44.4 Å². The molecule has 2 aromatic rings. The second kappa shape index (κ2) is 9.60. The number of amides is 1. The highest BCUT2D eigenvalue weighted by Gasteiger charge is 2.16. The van der Waals surface area contributed by atoms with Gasteiger partial charge in [-0.2, -0.15) is 0 Å². The molecule has 1 amide bonds. The van der Waals surface area contributed by atoms with Crippen LogP contribution in [0, 0.1) is 0 Å². The van der Waals surface area contributed by atoms with Crippen LogP contribution in [0.3, 0.4) is 0 Å². The van der Waals surface area contributed by atoms with Crippen LogP contribution in [-0.4, -0.2) is 24.3 Å². The molecular formula is C20H21Cl2NO3. The zero-order valence-electron chi connectivity index (χ0n) is 14.7. The van der Waals surface area contributed by atoms with Crippen LogP contribution >= 0.6 is 23.2 Å². The van der Waals surface area contributed by atoms with Crippen LogP contribution in [0.25, 0.3) is 0 Å². The number of ketones is 1. The van der Waals surface area contributed by atoms with Crippen LogP contribution in [0.5, 0.6) is 5.75 Å². The number of nitrogens with one attached hydrogen (secondary N) is 1. The average Bonchev–Trinajstić information content (AvgIpc) is 2.59. The number of halogens is 2. The van der Waals surface area contributed by atoms with Gasteiger partial charge >= 0.3 is 0 Å². The summed E-state index contributed by atoms with van der Waals surface area (Å²) in [5.41, 5.74) is 1.48. The number of Topliss-reactive ketones (excluding diaryl/α,β-unsaturated/α-hetero) is 1. The Morgan fingerprint density at radius 3 is 2.50 bits per heavy atom. The maximum Gasteiger partial charge on any atom is 0.258 e. The zero-order chi connectivity index (χ0) is 19.1. The lowest BCUT2D eigenvalue weighted by Crippen LogP contribution is -2.36. The van der Waals surface area contributed by atoms with Crippen LogP contribution in [0.4, 0.5) is 0 Å². The third-order valence-electron chi connectivity index (χ3n) is 3.85. The Balaban J connectivity index is 1.88. The first kappa shape index (κ1) is 20.3. The third kappa shape index (κ3) is 6.04. The highest BCUT2D eigenvalue weighted by Crippen LogP contribution is 2.32. The summed E-state index contributed by atoms with van der Waals surface area (Å²) in [6.07, 6.45) is 1.69. The van der Waals surface area contributed by atoms with Gasteiger partial charge in [0.2, 0.25) is 0 Å². The predicted octanol–water partition coefficient (Wildman–Crippen LogP) is 4.71. The molecule has 138 valence electrons. The SMILES string of the molecule is CC(=O)c1cc(Cl)cc(Cl)c1OCC(=O)NC(C)CCc1ccccc1. The van der Waals surface area contributed by atoms with Gasteiger partial charge in [0, 0.05) is 11.1 Å². The molecule has 0 aromatic heterocycles. The van der Waals surface area contributed by atoms with Gasteiger partial charge in [-0.3, -0.25) is 9.59 Å². The van der Waals surface area contributed by atoms with Gasteiger partial charge in [-0.25, -0.2) is 0 Å². The average molecular weight is 394 g/mol. The van der Waals surface area contributed by atoms with E-state index in [9.17, 15) is 9.59 Å². The molecule has 0 radical (unpaired) electrons. The fourth-order valence-electron chi connectivity index (χ4n) is 2.52. The predicted molar refractivity (Wildman–Crippen MR) is 104 cm³/mol. The van der Waals surface area contributed by atoms with Gasteiger partial charge in [-0.1, -0.05) is 53.5 Å². The lowest BCUT2D eigenvalue weighted by Gasteiger charge is -2.16. The first-order valence-corrected chi connectivity index (χ1v) is 9.08. The number of hydrogen-bond donors (Lipinski definition) is 1. The van der Waals surface area contributed by atoms with Crippen molar-refractivity contribution in [1.29, 1.82) is 0 Å². The van der Waals surface area contributed by atoms with Crippen molar-refractivity contribution in [2.75, 3.05) is 6.61 Å². The normalized spacial score (nSPS) is 11.7. The van der Waals surface area contributed by atoms with Crippen LogP contribution in [0.2, 0.25) is 10.0 Å². The van der Waals surface area contributed by atoms with Gasteiger partial charge < -0.3 is 10.1 Å². The van der Waals surface area contributed by atoms with E-state index >= 15 is 0 Å². The largest absolute Gasteiger partial charge is 0.481 e. The van der Waals surface area contributed by atoms with Crippen molar-refractivity contribution in [2.24, 2.45) is 0 Å². The van der Waals surface area contributed by atoms with Crippen LogP contribution in [0.1, 0.15) is 36.2 Å². The molecule has 0 spiro atoms. The van der Waals surface area contributed by atoms with Crippen LogP contribution in [0.15, 0.2) is 42.5 Å². The minimum atomic E-state index is -0.272. The van der Waals surface area contributed by atoms with E-state index in [1.807, 2.05) is 25.1 Å². The van der Waals surface area contributed by atoms with Crippen molar-refractivity contribution in [1.82, 2.24) is 5.32 Å². The lowest BCUT2D eigenvalue weighted by molar-refractivity contribution is -0.123. The Labute approximate surface area is 163 Å². The molecule has 2 aromatic carbocycles. The summed E-state index contributed by atoms with van der Waals surface area (Å²) in [6, 6.07) is 13.0. The molecule has 0 fully saturated rings. The van der Waals surface area contributed by atoms with Crippen molar-refractivity contribution < 1.29 is 14.3 Å². The fourth-order valence-corrected chi connectivity index (χ4v) is 3.07. The summed E-state index contributed by atoms with van der Waals surface area (Å²) in [5, 5.41) is 3.42. The molecule has 0 aliphatic heterocycles. The molecule has 0 saturated carbocycles. The van der Waals surface area contributed by atoms with E-state index in [1.165, 1.54) is 24.6 Å². The van der Waals surface area contributed by atoms with Crippen LogP contribution in [-0.2, 0) is 11.2 Å². The van der Waals surface area contributed by atoms with E-state index < -0.39 is 0 Å². The highest BCUT2D eigenvalue weighted by atomic mass is 35.5. The smallest absolute Gasteiger partial charge is 0.258 e. The molecule has 26 heavy (non-hydrogen) atoms. The summed E-state index contributed by atoms with van der Waals surface area (Å²) < 4.78 is 5.49. The van der Waals surface area contributed by atoms with E-state index in [4.69, 9.17) is 27.9 Å². The van der Waals surface area contributed by atoms with E-state index in [2.05, 4.69) is 17.4 Å². The number of ether oxygens (including phenoxy) is 1. The number of benzene rings is 2. The fraction of sp³-hybridized carbons (Fsp3) is 0.300. The van der Waals surface area contributed by atoms with Gasteiger partial charge in [0.25, 0.3) is 5.91 Å². The Morgan fingerprint density at radius 2 is 1.85 bits per heavy atom. The van der Waals surface area contributed by atoms with Crippen molar-refractivity contribution in [3.63, 3.8) is 0 Å². The molecule has 1 unspecified atom stereocenters. The molecule has 6 heteroatoms. The molecule has 0 saturated heterocycles. The third-order valence-corrected chi connectivity index (χ3v) is 4.35. The number of carbonyl (C=O) groups excluding carboxylic acids is 2. The topological polar surface area (TPSA) is 55.4 Å². The molecule has 1 atom stereocenters. The number of aryl methyl sites for hydroxylation is 1. The first-order chi connectivity index (χ1) is 12.4. The van der Waals surface area contributed by atoms with Crippen molar-refractivity contribution in [3.05, 3.63) is 63.6 Å². The second-order valence-corrected chi connectivity index (χ2v) is 6.95. The first-order valence-electron chi connectivity index (χ1n) is 8.33. The minimum Gasteiger partial charge on any atom is -0.481 e. The van der Waals surface area contributed by atoms with E-state index in [0.29, 0.717) is 5.02 Å². The van der Waals surface area contributed by atoms with Gasteiger partial charge in [0.1, 0.15) is 5.75 Å². The molecule has 0 aliphatic carbocycles. The molecule has 0 bridgehead atoms. The monoisotopic (exact) mass is 393 g/mol. The highest BCUT2D eigenvalue weighted by molar-refractivity contribution is 6.36. The quantitative estimate of drug-likeness (QED) is 0.660. The molecule has 4 nitrogen and oxygen atoms in total. The van der Waals surface area contributed by atoms with E-state index in [-0.39, 0.29) is 40.7 Å². The van der Waals surface area contributed by atoms with E-state index in [0.717, 1.165) is 12.8 Å². The molecule has 0 aliphatic rings. The lowest BCUT2D eigenvalue weighted by atomic mass is 10.1. The molecule has 1 N–H and O–H groups in total. The number of rotatable bonds is 8. The molecular weight excluding hydrogens is 373 g/mol. The Hall–Kier alpha value is -2.04. The zero-order valence-corrected chi connectivity index (χ0v) is 16.2. The molecule has 0 heterocycles. The van der Waals surface area contributed by atoms with Gasteiger partial charge in [0.05, 0.1) is 10.6 Å². The number of hydrogen-bond acceptors (Lipinski definition) is 3. The Kier molecular flexibility index (Phi) is 7.49. The summed E-state index contributed by atoms with van der Waals surface area (Å²) in [4.78, 5) is 23.8. The summed E-state index contributed by atoms with van der Waals surface area (Å²) in [6.45, 7) is 3.11. The van der Waals surface area contributed by atoms with Gasteiger partial charge in [-0.15, -0.1) is 0 Å². The maximum atomic E-state index is 12.1. The van der Waals surface area contributed by atoms with Crippen molar-refractivity contribution >= 4 is 34.9 Å².